The van der Waals surface area contributed by atoms with Crippen molar-refractivity contribution in [1.29, 1.82) is 0 Å². The van der Waals surface area contributed by atoms with Gasteiger partial charge < -0.3 is 0 Å². The number of hydrogen-bond donors (Lipinski definition) is 0. The van der Waals surface area contributed by atoms with Crippen LogP contribution in [0.1, 0.15) is 33.0 Å². The van der Waals surface area contributed by atoms with Crippen LogP contribution in [0, 0.1) is 12.7 Å². The summed E-state index contributed by atoms with van der Waals surface area (Å²) in [5.41, 5.74) is 1.34. The Bertz CT molecular complexity index is 805. The largest absolute Gasteiger partial charge is 0.399 e. The summed E-state index contributed by atoms with van der Waals surface area (Å²) in [5.74, 6) is -2.97. The first-order chi connectivity index (χ1) is 11.6. The number of allylic oxidation sites excluding steroid dienone is 1. The Morgan fingerprint density at radius 1 is 1.08 bits per heavy atom. The molecule has 1 unspecified atom stereocenters. The van der Waals surface area contributed by atoms with Crippen LogP contribution in [0.2, 0.25) is 10.0 Å². The molecule has 25 heavy (non-hydrogen) atoms. The SMILES string of the molecule is Cc1cc(/C=C/C(c2cc(Cl)c(F)c(Cl)c2)C(F)(F)F)ccc1C=O. The Hall–Kier alpha value is -1.85. The molecule has 0 heterocycles. The van der Waals surface area contributed by atoms with Crippen molar-refractivity contribution in [3.8, 4) is 0 Å². The highest BCUT2D eigenvalue weighted by molar-refractivity contribution is 6.35. The summed E-state index contributed by atoms with van der Waals surface area (Å²) in [6, 6.07) is 6.47. The molecule has 0 fully saturated rings. The Morgan fingerprint density at radius 2 is 1.68 bits per heavy atom. The average Bonchev–Trinajstić information content (AvgIpc) is 2.51. The molecule has 0 bridgehead atoms. The fraction of sp³-hybridized carbons (Fsp3) is 0.167. The van der Waals surface area contributed by atoms with Gasteiger partial charge in [-0.1, -0.05) is 53.6 Å². The molecule has 0 aliphatic carbocycles. The van der Waals surface area contributed by atoms with Crippen LogP contribution < -0.4 is 0 Å². The molecule has 0 saturated heterocycles. The number of alkyl halides is 3. The van der Waals surface area contributed by atoms with Crippen molar-refractivity contribution >= 4 is 35.6 Å². The first kappa shape index (κ1) is 19.5. The lowest BCUT2D eigenvalue weighted by molar-refractivity contribution is -0.139. The Labute approximate surface area is 151 Å². The van der Waals surface area contributed by atoms with E-state index in [1.807, 2.05) is 0 Å². The average molecular weight is 391 g/mol. The zero-order valence-corrected chi connectivity index (χ0v) is 14.4. The van der Waals surface area contributed by atoms with Gasteiger partial charge in [0.05, 0.1) is 16.0 Å². The molecule has 0 amide bonds. The molecule has 7 heteroatoms. The molecule has 0 radical (unpaired) electrons. The van der Waals surface area contributed by atoms with E-state index in [-0.39, 0.29) is 5.56 Å². The predicted octanol–water partition coefficient (Wildman–Crippen LogP) is 6.61. The van der Waals surface area contributed by atoms with E-state index in [1.165, 1.54) is 18.2 Å². The predicted molar refractivity (Wildman–Crippen MR) is 90.8 cm³/mol. The van der Waals surface area contributed by atoms with Crippen LogP contribution in [0.5, 0.6) is 0 Å². The molecule has 0 N–H and O–H groups in total. The minimum Gasteiger partial charge on any atom is -0.298 e. The molecular formula is C18H12Cl2F4O. The van der Waals surface area contributed by atoms with E-state index >= 15 is 0 Å². The molecule has 0 aliphatic rings. The van der Waals surface area contributed by atoms with Gasteiger partial charge in [0, 0.05) is 5.56 Å². The molecule has 1 atom stereocenters. The number of benzene rings is 2. The smallest absolute Gasteiger partial charge is 0.298 e. The molecule has 0 saturated carbocycles. The third-order valence-electron chi connectivity index (χ3n) is 3.62. The highest BCUT2D eigenvalue weighted by Crippen LogP contribution is 2.39. The van der Waals surface area contributed by atoms with Gasteiger partial charge >= 0.3 is 6.18 Å². The van der Waals surface area contributed by atoms with Crippen LogP contribution in [-0.4, -0.2) is 12.5 Å². The quantitative estimate of drug-likeness (QED) is 0.326. The summed E-state index contributed by atoms with van der Waals surface area (Å²) in [4.78, 5) is 10.8. The summed E-state index contributed by atoms with van der Waals surface area (Å²) in [6.07, 6.45) is -1.72. The van der Waals surface area contributed by atoms with Gasteiger partial charge in [-0.25, -0.2) is 4.39 Å². The number of aryl methyl sites for hydroxylation is 1. The van der Waals surface area contributed by atoms with Crippen LogP contribution in [0.4, 0.5) is 17.6 Å². The molecule has 132 valence electrons. The molecular weight excluding hydrogens is 379 g/mol. The van der Waals surface area contributed by atoms with Crippen molar-refractivity contribution in [3.63, 3.8) is 0 Å². The number of aldehydes is 1. The van der Waals surface area contributed by atoms with Crippen molar-refractivity contribution in [3.05, 3.63) is 74.5 Å². The molecule has 0 spiro atoms. The van der Waals surface area contributed by atoms with Crippen LogP contribution in [-0.2, 0) is 0 Å². The van der Waals surface area contributed by atoms with Crippen LogP contribution in [0.15, 0.2) is 36.4 Å². The van der Waals surface area contributed by atoms with Gasteiger partial charge in [0.15, 0.2) is 5.82 Å². The third-order valence-corrected chi connectivity index (χ3v) is 4.17. The summed E-state index contributed by atoms with van der Waals surface area (Å²) in [6.45, 7) is 1.68. The second-order valence-electron chi connectivity index (χ2n) is 5.41. The number of carbonyl (C=O) groups excluding carboxylic acids is 1. The first-order valence-corrected chi connectivity index (χ1v) is 7.84. The summed E-state index contributed by atoms with van der Waals surface area (Å²) in [5, 5.41) is -0.951. The van der Waals surface area contributed by atoms with Crippen molar-refractivity contribution in [2.75, 3.05) is 0 Å². The van der Waals surface area contributed by atoms with Gasteiger partial charge in [0.2, 0.25) is 0 Å². The van der Waals surface area contributed by atoms with E-state index in [0.717, 1.165) is 18.2 Å². The fourth-order valence-corrected chi connectivity index (χ4v) is 2.81. The van der Waals surface area contributed by atoms with Crippen molar-refractivity contribution in [1.82, 2.24) is 0 Å². The van der Waals surface area contributed by atoms with Gasteiger partial charge in [-0.15, -0.1) is 0 Å². The van der Waals surface area contributed by atoms with E-state index in [2.05, 4.69) is 0 Å². The van der Waals surface area contributed by atoms with Crippen LogP contribution in [0.25, 0.3) is 6.08 Å². The summed E-state index contributed by atoms with van der Waals surface area (Å²) in [7, 11) is 0. The minimum atomic E-state index is -4.61. The maximum atomic E-state index is 13.4. The van der Waals surface area contributed by atoms with Crippen LogP contribution in [0.3, 0.4) is 0 Å². The highest BCUT2D eigenvalue weighted by atomic mass is 35.5. The molecule has 2 rings (SSSR count). The van der Waals surface area contributed by atoms with Gasteiger partial charge in [-0.05, 0) is 35.7 Å². The number of halogens is 6. The lowest BCUT2D eigenvalue weighted by Crippen LogP contribution is -2.19. The monoisotopic (exact) mass is 390 g/mol. The van der Waals surface area contributed by atoms with E-state index in [1.54, 1.807) is 13.0 Å². The van der Waals surface area contributed by atoms with Gasteiger partial charge in [0.1, 0.15) is 6.29 Å². The summed E-state index contributed by atoms with van der Waals surface area (Å²) >= 11 is 11.2. The molecule has 1 nitrogen and oxygen atoms in total. The second-order valence-corrected chi connectivity index (χ2v) is 6.23. The van der Waals surface area contributed by atoms with Gasteiger partial charge in [-0.2, -0.15) is 13.2 Å². The molecule has 2 aromatic rings. The van der Waals surface area contributed by atoms with Crippen molar-refractivity contribution < 1.29 is 22.4 Å². The molecule has 2 aromatic carbocycles. The number of hydrogen-bond acceptors (Lipinski definition) is 1. The van der Waals surface area contributed by atoms with Gasteiger partial charge in [0.25, 0.3) is 0 Å². The fourth-order valence-electron chi connectivity index (χ4n) is 2.31. The summed E-state index contributed by atoms with van der Waals surface area (Å²) < 4.78 is 53.6. The van der Waals surface area contributed by atoms with E-state index in [4.69, 9.17) is 23.2 Å². The Kier molecular flexibility index (Phi) is 5.91. The zero-order chi connectivity index (χ0) is 18.8. The normalized spacial score (nSPS) is 13.2. The van der Waals surface area contributed by atoms with Crippen LogP contribution >= 0.6 is 23.2 Å². The molecule has 0 aliphatic heterocycles. The Balaban J connectivity index is 2.43. The standard InChI is InChI=1S/C18H12Cl2F4O/c1-10-6-11(2-4-12(10)9-25)3-5-14(18(22,23)24)13-7-15(19)17(21)16(20)8-13/h2-9,14H,1H3/b5-3+. The van der Waals surface area contributed by atoms with E-state index in [0.29, 0.717) is 23.0 Å². The maximum Gasteiger partial charge on any atom is 0.399 e. The minimum absolute atomic E-state index is 0.263. The van der Waals surface area contributed by atoms with Crippen molar-refractivity contribution in [2.24, 2.45) is 0 Å². The zero-order valence-electron chi connectivity index (χ0n) is 12.9. The Morgan fingerprint density at radius 3 is 2.16 bits per heavy atom. The van der Waals surface area contributed by atoms with Crippen molar-refractivity contribution in [2.45, 2.75) is 19.0 Å². The first-order valence-electron chi connectivity index (χ1n) is 7.08. The molecule has 0 aromatic heterocycles. The van der Waals surface area contributed by atoms with E-state index < -0.39 is 28.0 Å². The number of carbonyl (C=O) groups is 1. The topological polar surface area (TPSA) is 17.1 Å². The number of rotatable bonds is 4. The van der Waals surface area contributed by atoms with Gasteiger partial charge in [-0.3, -0.25) is 4.79 Å². The highest BCUT2D eigenvalue weighted by Gasteiger charge is 2.39. The third kappa shape index (κ3) is 4.61. The lowest BCUT2D eigenvalue weighted by atomic mass is 9.96. The second kappa shape index (κ2) is 7.58. The maximum absolute atomic E-state index is 13.4. The van der Waals surface area contributed by atoms with E-state index in [9.17, 15) is 22.4 Å². The lowest BCUT2D eigenvalue weighted by Gasteiger charge is -2.18.